The number of amides is 5. The minimum atomic E-state index is -1.04. The fraction of sp³-hybridized carbons (Fsp3) is 0.594. The Labute approximate surface area is 253 Å². The van der Waals surface area contributed by atoms with Crippen LogP contribution in [0.1, 0.15) is 74.5 Å². The van der Waals surface area contributed by atoms with Gasteiger partial charge in [0, 0.05) is 45.4 Å². The lowest BCUT2D eigenvalue weighted by Crippen LogP contribution is -2.60. The Morgan fingerprint density at radius 3 is 2.42 bits per heavy atom. The predicted octanol–water partition coefficient (Wildman–Crippen LogP) is 3.01. The number of nitrogens with one attached hydrogen (secondary N) is 4. The van der Waals surface area contributed by atoms with Crippen molar-refractivity contribution in [1.29, 1.82) is 0 Å². The zero-order valence-electron chi connectivity index (χ0n) is 25.9. The fourth-order valence-corrected chi connectivity index (χ4v) is 7.11. The number of carbonyl (C=O) groups is 4. The summed E-state index contributed by atoms with van der Waals surface area (Å²) in [6, 6.07) is 6.36. The van der Waals surface area contributed by atoms with Gasteiger partial charge in [-0.15, -0.1) is 0 Å². The Bertz CT molecular complexity index is 1380. The maximum Gasteiger partial charge on any atom is 0.318 e. The number of carbonyl (C=O) groups excluding carboxylic acids is 4. The first-order chi connectivity index (χ1) is 20.6. The second kappa shape index (κ2) is 12.4. The van der Waals surface area contributed by atoms with Crippen molar-refractivity contribution in [2.24, 2.45) is 24.8 Å². The van der Waals surface area contributed by atoms with E-state index in [0.29, 0.717) is 36.7 Å². The molecule has 2 unspecified atom stereocenters. The van der Waals surface area contributed by atoms with Gasteiger partial charge in [0.2, 0.25) is 11.8 Å². The number of hydrogen-bond donors (Lipinski definition) is 4. The van der Waals surface area contributed by atoms with Crippen LogP contribution in [0.25, 0.3) is 0 Å². The molecule has 3 atom stereocenters. The van der Waals surface area contributed by atoms with E-state index >= 15 is 0 Å². The first-order valence-corrected chi connectivity index (χ1v) is 15.6. The first kappa shape index (κ1) is 30.6. The zero-order chi connectivity index (χ0) is 30.9. The average molecular weight is 592 g/mol. The number of fused-ring (bicyclic) bond motifs is 1. The van der Waals surface area contributed by atoms with Crippen LogP contribution < -0.4 is 21.3 Å². The number of aryl methyl sites for hydroxylation is 1. The molecule has 2 aliphatic carbocycles. The number of benzene rings is 1. The summed E-state index contributed by atoms with van der Waals surface area (Å²) in [5.41, 5.74) is 1.85. The third-order valence-corrected chi connectivity index (χ3v) is 9.91. The van der Waals surface area contributed by atoms with Crippen LogP contribution in [-0.4, -0.2) is 69.6 Å². The van der Waals surface area contributed by atoms with E-state index in [0.717, 1.165) is 43.2 Å². The van der Waals surface area contributed by atoms with Crippen LogP contribution in [0.3, 0.4) is 0 Å². The lowest BCUT2D eigenvalue weighted by molar-refractivity contribution is -0.130. The van der Waals surface area contributed by atoms with Crippen molar-refractivity contribution >= 4 is 29.4 Å². The minimum Gasteiger partial charge on any atom is -0.357 e. The van der Waals surface area contributed by atoms with E-state index in [9.17, 15) is 19.2 Å². The standard InChI is InChI=1S/C32H45N7O4/c1-6-20-7-9-21(10-8-20)27(37-28(40)26-13-14-34-38(26)5)29(41)35-24-12-11-22-16-32(30(42)33-4,17-23(22)15-24)39-18-25(19(2)3)36-31(39)43/h11-15,19-21,25,27H,6-10,16-18H2,1-5H3,(H,33,42)(H,35,41)(H,36,43)(H,37,40)/t20?,21?,25-,27?,32?/m0/s1. The van der Waals surface area contributed by atoms with Crippen LogP contribution >= 0.6 is 0 Å². The summed E-state index contributed by atoms with van der Waals surface area (Å²) >= 11 is 0. The van der Waals surface area contributed by atoms with Gasteiger partial charge in [-0.1, -0.05) is 46.1 Å². The molecular weight excluding hydrogens is 546 g/mol. The largest absolute Gasteiger partial charge is 0.357 e. The van der Waals surface area contributed by atoms with Gasteiger partial charge in [0.15, 0.2) is 0 Å². The zero-order valence-corrected chi connectivity index (χ0v) is 25.9. The minimum absolute atomic E-state index is 0.0258. The van der Waals surface area contributed by atoms with E-state index < -0.39 is 11.6 Å². The third kappa shape index (κ3) is 5.99. The van der Waals surface area contributed by atoms with Crippen molar-refractivity contribution in [1.82, 2.24) is 30.6 Å². The van der Waals surface area contributed by atoms with Crippen LogP contribution in [0.2, 0.25) is 0 Å². The van der Waals surface area contributed by atoms with E-state index in [2.05, 4.69) is 47.1 Å². The highest BCUT2D eigenvalue weighted by molar-refractivity contribution is 6.01. The smallest absolute Gasteiger partial charge is 0.318 e. The van der Waals surface area contributed by atoms with Crippen LogP contribution in [0, 0.1) is 17.8 Å². The maximum absolute atomic E-state index is 13.8. The molecule has 4 N–H and O–H groups in total. The molecule has 0 bridgehead atoms. The van der Waals surface area contributed by atoms with Gasteiger partial charge in [-0.2, -0.15) is 5.10 Å². The van der Waals surface area contributed by atoms with Gasteiger partial charge in [-0.25, -0.2) is 4.79 Å². The highest BCUT2D eigenvalue weighted by Gasteiger charge is 2.53. The van der Waals surface area contributed by atoms with Crippen LogP contribution in [0.15, 0.2) is 30.5 Å². The summed E-state index contributed by atoms with van der Waals surface area (Å²) in [7, 11) is 3.30. The van der Waals surface area contributed by atoms with E-state index in [1.165, 1.54) is 4.68 Å². The molecule has 43 heavy (non-hydrogen) atoms. The average Bonchev–Trinajstić information content (AvgIpc) is 3.72. The SMILES string of the molecule is CCC1CCC(C(NC(=O)c2ccnn2C)C(=O)Nc2ccc3c(c2)CC(C(=O)NC)(N2C[C@@H](C(C)C)NC2=O)C3)CC1. The Hall–Kier alpha value is -3.89. The highest BCUT2D eigenvalue weighted by Crippen LogP contribution is 2.39. The number of aromatic nitrogens is 2. The van der Waals surface area contributed by atoms with Gasteiger partial charge >= 0.3 is 6.03 Å². The molecule has 1 saturated carbocycles. The quantitative estimate of drug-likeness (QED) is 0.355. The Balaban J connectivity index is 1.35. The van der Waals surface area contributed by atoms with Gasteiger partial charge < -0.3 is 26.2 Å². The number of urea groups is 1. The van der Waals surface area contributed by atoms with Crippen LogP contribution in [0.5, 0.6) is 0 Å². The Kier molecular flexibility index (Phi) is 8.80. The van der Waals surface area contributed by atoms with Crippen LogP contribution in [-0.2, 0) is 29.5 Å². The normalized spacial score (nSPS) is 25.7. The second-order valence-corrected chi connectivity index (χ2v) is 12.8. The number of nitrogens with zero attached hydrogens (tertiary/aromatic N) is 3. The van der Waals surface area contributed by atoms with Gasteiger partial charge in [-0.05, 0) is 59.9 Å². The molecule has 2 aromatic rings. The second-order valence-electron chi connectivity index (χ2n) is 12.8. The molecule has 5 rings (SSSR count). The molecule has 3 aliphatic rings. The van der Waals surface area contributed by atoms with Crippen molar-refractivity contribution in [3.63, 3.8) is 0 Å². The van der Waals surface area contributed by atoms with Crippen molar-refractivity contribution in [2.75, 3.05) is 18.9 Å². The summed E-state index contributed by atoms with van der Waals surface area (Å²) < 4.78 is 1.50. The number of rotatable bonds is 9. The molecular formula is C32H45N7O4. The lowest BCUT2D eigenvalue weighted by Gasteiger charge is -2.36. The van der Waals surface area contributed by atoms with E-state index in [-0.39, 0.29) is 41.6 Å². The summed E-state index contributed by atoms with van der Waals surface area (Å²) in [4.78, 5) is 55.1. The lowest BCUT2D eigenvalue weighted by atomic mass is 9.77. The fourth-order valence-electron chi connectivity index (χ4n) is 7.11. The predicted molar refractivity (Wildman–Crippen MR) is 163 cm³/mol. The molecule has 0 spiro atoms. The molecule has 1 aromatic heterocycles. The molecule has 1 saturated heterocycles. The molecule has 11 nitrogen and oxygen atoms in total. The first-order valence-electron chi connectivity index (χ1n) is 15.6. The molecule has 5 amide bonds. The molecule has 11 heteroatoms. The molecule has 1 aromatic carbocycles. The van der Waals surface area contributed by atoms with Gasteiger partial charge in [0.1, 0.15) is 17.3 Å². The third-order valence-electron chi connectivity index (χ3n) is 9.91. The molecule has 2 heterocycles. The topological polar surface area (TPSA) is 137 Å². The summed E-state index contributed by atoms with van der Waals surface area (Å²) in [6.45, 7) is 6.77. The maximum atomic E-state index is 13.8. The molecule has 0 radical (unpaired) electrons. The Morgan fingerprint density at radius 2 is 1.81 bits per heavy atom. The van der Waals surface area contributed by atoms with Gasteiger partial charge in [0.25, 0.3) is 5.91 Å². The van der Waals surface area contributed by atoms with Crippen molar-refractivity contribution in [2.45, 2.75) is 83.3 Å². The van der Waals surface area contributed by atoms with E-state index in [4.69, 9.17) is 0 Å². The van der Waals surface area contributed by atoms with Gasteiger partial charge in [0.05, 0.1) is 6.04 Å². The van der Waals surface area contributed by atoms with E-state index in [1.807, 2.05) is 18.2 Å². The Morgan fingerprint density at radius 1 is 1.09 bits per heavy atom. The van der Waals surface area contributed by atoms with Crippen molar-refractivity contribution in [3.8, 4) is 0 Å². The van der Waals surface area contributed by atoms with Crippen molar-refractivity contribution < 1.29 is 19.2 Å². The van der Waals surface area contributed by atoms with E-state index in [1.54, 1.807) is 31.3 Å². The number of hydrogen-bond acceptors (Lipinski definition) is 5. The number of anilines is 1. The summed E-state index contributed by atoms with van der Waals surface area (Å²) in [5, 5.41) is 16.0. The van der Waals surface area contributed by atoms with Crippen LogP contribution in [0.4, 0.5) is 10.5 Å². The van der Waals surface area contributed by atoms with Crippen molar-refractivity contribution in [3.05, 3.63) is 47.3 Å². The molecule has 2 fully saturated rings. The summed E-state index contributed by atoms with van der Waals surface area (Å²) in [6.07, 6.45) is 7.25. The molecule has 232 valence electrons. The van der Waals surface area contributed by atoms with Gasteiger partial charge in [-0.3, -0.25) is 19.1 Å². The highest BCUT2D eigenvalue weighted by atomic mass is 16.2. The number of likely N-dealkylation sites (N-methyl/N-ethyl adjacent to an activating group) is 1. The summed E-state index contributed by atoms with van der Waals surface area (Å²) in [5.74, 6) is 0.130. The molecule has 1 aliphatic heterocycles. The monoisotopic (exact) mass is 591 g/mol.